The molecule has 11 heteroatoms. The van der Waals surface area contributed by atoms with Crippen LogP contribution in [0.25, 0.3) is 0 Å². The van der Waals surface area contributed by atoms with Crippen LogP contribution >= 0.6 is 23.1 Å². The van der Waals surface area contributed by atoms with Crippen LogP contribution < -0.4 is 15.8 Å². The van der Waals surface area contributed by atoms with E-state index in [1.54, 1.807) is 0 Å². The van der Waals surface area contributed by atoms with Gasteiger partial charge in [-0.05, 0) is 30.1 Å². The van der Waals surface area contributed by atoms with E-state index >= 15 is 0 Å². The topological polar surface area (TPSA) is 115 Å². The van der Waals surface area contributed by atoms with E-state index in [-0.39, 0.29) is 27.0 Å². The summed E-state index contributed by atoms with van der Waals surface area (Å²) in [6.45, 7) is 0.822. The SMILES string of the molecule is Cc1cc(F)c(COc2nsc(NC(=O)O)c2C(N)=O)c(F)c1Cl. The number of primary amides is 1. The number of amides is 2. The summed E-state index contributed by atoms with van der Waals surface area (Å²) >= 11 is 6.32. The lowest BCUT2D eigenvalue weighted by Crippen LogP contribution is -2.16. The van der Waals surface area contributed by atoms with E-state index in [2.05, 4.69) is 4.37 Å². The van der Waals surface area contributed by atoms with Crippen molar-refractivity contribution in [3.63, 3.8) is 0 Å². The molecule has 2 aromatic rings. The molecular formula is C13H10ClF2N3O4S. The van der Waals surface area contributed by atoms with E-state index in [1.807, 2.05) is 5.32 Å². The maximum atomic E-state index is 14.0. The molecule has 0 saturated carbocycles. The largest absolute Gasteiger partial charge is 0.471 e. The Morgan fingerprint density at radius 3 is 2.75 bits per heavy atom. The summed E-state index contributed by atoms with van der Waals surface area (Å²) in [7, 11) is 0. The predicted octanol–water partition coefficient (Wildman–Crippen LogP) is 3.15. The summed E-state index contributed by atoms with van der Waals surface area (Å²) in [6, 6.07) is 1.04. The highest BCUT2D eigenvalue weighted by molar-refractivity contribution is 7.11. The number of halogens is 3. The van der Waals surface area contributed by atoms with Crippen LogP contribution in [-0.4, -0.2) is 21.5 Å². The smallest absolute Gasteiger partial charge is 0.409 e. The zero-order valence-electron chi connectivity index (χ0n) is 12.0. The first-order valence-electron chi connectivity index (χ1n) is 6.27. The second-order valence-corrected chi connectivity index (χ2v) is 5.71. The van der Waals surface area contributed by atoms with Crippen molar-refractivity contribution in [3.05, 3.63) is 39.4 Å². The van der Waals surface area contributed by atoms with Crippen LogP contribution in [0.15, 0.2) is 6.07 Å². The number of ether oxygens (including phenoxy) is 1. The van der Waals surface area contributed by atoms with Crippen LogP contribution in [0, 0.1) is 18.6 Å². The fourth-order valence-corrected chi connectivity index (χ4v) is 2.70. The number of aryl methyl sites for hydroxylation is 1. The normalized spacial score (nSPS) is 10.5. The molecule has 0 fully saturated rings. The number of carboxylic acid groups (broad SMARTS) is 1. The Bertz CT molecular complexity index is 828. The van der Waals surface area contributed by atoms with Crippen molar-refractivity contribution >= 4 is 40.1 Å². The van der Waals surface area contributed by atoms with E-state index < -0.39 is 35.8 Å². The van der Waals surface area contributed by atoms with Crippen LogP contribution in [0.4, 0.5) is 18.6 Å². The van der Waals surface area contributed by atoms with Crippen LogP contribution in [0.2, 0.25) is 5.02 Å². The third-order valence-corrected chi connectivity index (χ3v) is 4.13. The summed E-state index contributed by atoms with van der Waals surface area (Å²) in [5, 5.41) is 10.2. The van der Waals surface area contributed by atoms with Gasteiger partial charge in [0.2, 0.25) is 5.88 Å². The first-order chi connectivity index (χ1) is 11.2. The molecule has 4 N–H and O–H groups in total. The molecule has 1 aromatic heterocycles. The molecule has 7 nitrogen and oxygen atoms in total. The molecular weight excluding hydrogens is 368 g/mol. The quantitative estimate of drug-likeness (QED) is 0.692. The maximum absolute atomic E-state index is 14.0. The van der Waals surface area contributed by atoms with Gasteiger partial charge in [-0.3, -0.25) is 10.1 Å². The van der Waals surface area contributed by atoms with Gasteiger partial charge in [-0.15, -0.1) is 0 Å². The molecule has 0 aliphatic heterocycles. The lowest BCUT2D eigenvalue weighted by Gasteiger charge is -2.10. The highest BCUT2D eigenvalue weighted by Crippen LogP contribution is 2.32. The third-order valence-electron chi connectivity index (χ3n) is 2.92. The van der Waals surface area contributed by atoms with E-state index in [1.165, 1.54) is 6.92 Å². The third kappa shape index (κ3) is 3.54. The van der Waals surface area contributed by atoms with Crippen molar-refractivity contribution in [2.75, 3.05) is 5.32 Å². The molecule has 24 heavy (non-hydrogen) atoms. The molecule has 2 amide bonds. The van der Waals surface area contributed by atoms with Gasteiger partial charge in [-0.1, -0.05) is 11.6 Å². The summed E-state index contributed by atoms with van der Waals surface area (Å²) in [5.74, 6) is -3.22. The Kier molecular flexibility index (Phi) is 5.20. The van der Waals surface area contributed by atoms with Gasteiger partial charge in [0, 0.05) is 0 Å². The molecule has 2 rings (SSSR count). The lowest BCUT2D eigenvalue weighted by molar-refractivity contribution is 0.0996. The minimum atomic E-state index is -1.44. The molecule has 0 radical (unpaired) electrons. The highest BCUT2D eigenvalue weighted by Gasteiger charge is 2.23. The van der Waals surface area contributed by atoms with Gasteiger partial charge >= 0.3 is 6.09 Å². The minimum absolute atomic E-state index is 0.159. The number of nitrogens with one attached hydrogen (secondary N) is 1. The fraction of sp³-hybridized carbons (Fsp3) is 0.154. The Balaban J connectivity index is 2.31. The predicted molar refractivity (Wildman–Crippen MR) is 82.7 cm³/mol. The summed E-state index contributed by atoms with van der Waals surface area (Å²) in [5.41, 5.74) is 4.58. The zero-order chi connectivity index (χ0) is 18.0. The lowest BCUT2D eigenvalue weighted by atomic mass is 10.1. The number of hydrogen-bond acceptors (Lipinski definition) is 5. The average Bonchev–Trinajstić information content (AvgIpc) is 2.87. The number of carbonyl (C=O) groups excluding carboxylic acids is 1. The molecule has 0 saturated heterocycles. The Morgan fingerprint density at radius 2 is 2.17 bits per heavy atom. The standard InChI is InChI=1S/C13H10ClF2N3O4S/c1-4-2-6(15)5(9(16)8(4)14)3-23-11-7(10(17)20)12(24-19-11)18-13(21)22/h2,18H,3H2,1H3,(H2,17,20)(H,21,22). The van der Waals surface area contributed by atoms with Crippen LogP contribution in [0.1, 0.15) is 21.5 Å². The number of aromatic nitrogens is 1. The monoisotopic (exact) mass is 377 g/mol. The van der Waals surface area contributed by atoms with Crippen molar-refractivity contribution in [2.24, 2.45) is 5.73 Å². The van der Waals surface area contributed by atoms with E-state index in [0.29, 0.717) is 11.5 Å². The number of rotatable bonds is 5. The van der Waals surface area contributed by atoms with Crippen molar-refractivity contribution in [3.8, 4) is 5.88 Å². The zero-order valence-corrected chi connectivity index (χ0v) is 13.6. The second kappa shape index (κ2) is 6.97. The number of benzene rings is 1. The van der Waals surface area contributed by atoms with Crippen molar-refractivity contribution in [1.82, 2.24) is 4.37 Å². The van der Waals surface area contributed by atoms with E-state index in [4.69, 9.17) is 27.2 Å². The van der Waals surface area contributed by atoms with Crippen LogP contribution in [-0.2, 0) is 6.61 Å². The van der Waals surface area contributed by atoms with Gasteiger partial charge < -0.3 is 15.6 Å². The number of nitrogens with two attached hydrogens (primary N) is 1. The van der Waals surface area contributed by atoms with Gasteiger partial charge in [0.05, 0.1) is 10.6 Å². The fourth-order valence-electron chi connectivity index (χ4n) is 1.80. The first-order valence-corrected chi connectivity index (χ1v) is 7.42. The molecule has 0 unspecified atom stereocenters. The number of hydrogen-bond donors (Lipinski definition) is 3. The summed E-state index contributed by atoms with van der Waals surface area (Å²) in [4.78, 5) is 22.1. The Hall–Kier alpha value is -2.46. The molecule has 0 spiro atoms. The van der Waals surface area contributed by atoms with Crippen LogP contribution in [0.3, 0.4) is 0 Å². The van der Waals surface area contributed by atoms with Crippen molar-refractivity contribution in [2.45, 2.75) is 13.5 Å². The average molecular weight is 378 g/mol. The summed E-state index contributed by atoms with van der Waals surface area (Å²) < 4.78 is 36.7. The van der Waals surface area contributed by atoms with Crippen molar-refractivity contribution < 1.29 is 28.2 Å². The van der Waals surface area contributed by atoms with Gasteiger partial charge in [0.25, 0.3) is 5.91 Å². The molecule has 1 aromatic carbocycles. The second-order valence-electron chi connectivity index (χ2n) is 4.56. The van der Waals surface area contributed by atoms with E-state index in [0.717, 1.165) is 6.07 Å². The van der Waals surface area contributed by atoms with Gasteiger partial charge in [0.15, 0.2) is 5.82 Å². The number of nitrogens with zero attached hydrogens (tertiary/aromatic N) is 1. The van der Waals surface area contributed by atoms with Gasteiger partial charge in [-0.2, -0.15) is 4.37 Å². The van der Waals surface area contributed by atoms with E-state index in [9.17, 15) is 18.4 Å². The summed E-state index contributed by atoms with van der Waals surface area (Å²) in [6.07, 6.45) is -1.44. The molecule has 0 bridgehead atoms. The molecule has 0 atom stereocenters. The Morgan fingerprint density at radius 1 is 1.50 bits per heavy atom. The van der Waals surface area contributed by atoms with Crippen LogP contribution in [0.5, 0.6) is 5.88 Å². The van der Waals surface area contributed by atoms with Crippen molar-refractivity contribution in [1.29, 1.82) is 0 Å². The van der Waals surface area contributed by atoms with Gasteiger partial charge in [-0.25, -0.2) is 13.6 Å². The molecule has 0 aliphatic carbocycles. The molecule has 128 valence electrons. The first kappa shape index (κ1) is 17.9. The Labute approximate surface area is 143 Å². The number of carbonyl (C=O) groups is 2. The highest BCUT2D eigenvalue weighted by atomic mass is 35.5. The molecule has 0 aliphatic rings. The minimum Gasteiger partial charge on any atom is -0.471 e. The van der Waals surface area contributed by atoms with Gasteiger partial charge in [0.1, 0.15) is 23.0 Å². The maximum Gasteiger partial charge on any atom is 0.409 e. The number of anilines is 1. The molecule has 1 heterocycles.